The molecule has 0 aliphatic rings. The zero-order valence-electron chi connectivity index (χ0n) is 14.2. The van der Waals surface area contributed by atoms with E-state index in [1.54, 1.807) is 6.92 Å². The molecule has 7 heteroatoms. The summed E-state index contributed by atoms with van der Waals surface area (Å²) < 4.78 is 48.9. The monoisotopic (exact) mass is 350 g/mol. The molecule has 4 nitrogen and oxygen atoms in total. The molecule has 0 unspecified atom stereocenters. The maximum absolute atomic E-state index is 12.6. The summed E-state index contributed by atoms with van der Waals surface area (Å²) in [6.07, 6.45) is -4.38. The molecule has 0 radical (unpaired) electrons. The Kier molecular flexibility index (Phi) is 3.97. The minimum absolute atomic E-state index is 0.167. The van der Waals surface area contributed by atoms with Crippen LogP contribution >= 0.6 is 0 Å². The highest BCUT2D eigenvalue weighted by molar-refractivity contribution is 5.62. The van der Waals surface area contributed by atoms with Crippen LogP contribution in [-0.4, -0.2) is 10.1 Å². The van der Waals surface area contributed by atoms with Crippen molar-refractivity contribution < 1.29 is 22.1 Å². The summed E-state index contributed by atoms with van der Waals surface area (Å²) in [4.78, 5) is 4.28. The number of benzene rings is 1. The molecular formula is C18H17F3N2O2. The summed E-state index contributed by atoms with van der Waals surface area (Å²) in [5.74, 6) is 1.93. The molecule has 0 N–H and O–H groups in total. The third-order valence-electron chi connectivity index (χ3n) is 3.78. The van der Waals surface area contributed by atoms with E-state index < -0.39 is 11.7 Å². The van der Waals surface area contributed by atoms with Crippen LogP contribution in [0.3, 0.4) is 0 Å². The van der Waals surface area contributed by atoms with Gasteiger partial charge in [0.05, 0.1) is 11.1 Å². The lowest BCUT2D eigenvalue weighted by molar-refractivity contribution is -0.137. The van der Waals surface area contributed by atoms with Gasteiger partial charge in [-0.1, -0.05) is 38.1 Å². The maximum atomic E-state index is 12.6. The zero-order chi connectivity index (χ0) is 18.4. The van der Waals surface area contributed by atoms with Gasteiger partial charge in [-0.05, 0) is 25.1 Å². The normalized spacial score (nSPS) is 12.6. The molecule has 0 aliphatic heterocycles. The summed E-state index contributed by atoms with van der Waals surface area (Å²) in [6.45, 7) is 7.87. The van der Waals surface area contributed by atoms with Crippen LogP contribution in [0.15, 0.2) is 39.3 Å². The Hall–Kier alpha value is -2.57. The Morgan fingerprint density at radius 3 is 2.16 bits per heavy atom. The average Bonchev–Trinajstić information content (AvgIpc) is 3.12. The van der Waals surface area contributed by atoms with Gasteiger partial charge in [0.2, 0.25) is 5.82 Å². The first kappa shape index (κ1) is 17.3. The molecule has 1 aromatic carbocycles. The number of aryl methyl sites for hydroxylation is 1. The third-order valence-corrected chi connectivity index (χ3v) is 3.78. The van der Waals surface area contributed by atoms with Crippen LogP contribution in [0, 0.1) is 6.92 Å². The van der Waals surface area contributed by atoms with Crippen molar-refractivity contribution >= 4 is 0 Å². The first-order chi connectivity index (χ1) is 11.6. The molecule has 0 spiro atoms. The van der Waals surface area contributed by atoms with Crippen LogP contribution in [0.5, 0.6) is 0 Å². The Bertz CT molecular complexity index is 884. The highest BCUT2D eigenvalue weighted by Gasteiger charge is 2.30. The van der Waals surface area contributed by atoms with Crippen molar-refractivity contribution in [2.45, 2.75) is 39.3 Å². The molecular weight excluding hydrogens is 333 g/mol. The van der Waals surface area contributed by atoms with Gasteiger partial charge in [0.25, 0.3) is 5.89 Å². The predicted octanol–water partition coefficient (Wildman–Crippen LogP) is 5.62. The Morgan fingerprint density at radius 2 is 1.64 bits per heavy atom. The summed E-state index contributed by atoms with van der Waals surface area (Å²) in [7, 11) is 0. The molecule has 0 bridgehead atoms. The largest absolute Gasteiger partial charge is 0.465 e. The lowest BCUT2D eigenvalue weighted by Crippen LogP contribution is -2.09. The molecule has 2 heterocycles. The third kappa shape index (κ3) is 3.45. The van der Waals surface area contributed by atoms with Crippen molar-refractivity contribution in [3.8, 4) is 22.8 Å². The van der Waals surface area contributed by atoms with Crippen molar-refractivity contribution in [2.75, 3.05) is 0 Å². The number of hydrogen-bond acceptors (Lipinski definition) is 4. The van der Waals surface area contributed by atoms with E-state index in [2.05, 4.69) is 10.1 Å². The molecule has 132 valence electrons. The van der Waals surface area contributed by atoms with Gasteiger partial charge < -0.3 is 8.94 Å². The number of nitrogens with zero attached hydrogens (tertiary/aromatic N) is 2. The van der Waals surface area contributed by atoms with E-state index in [1.807, 2.05) is 26.8 Å². The van der Waals surface area contributed by atoms with E-state index in [1.165, 1.54) is 12.1 Å². The second-order valence-electron chi connectivity index (χ2n) is 6.83. The van der Waals surface area contributed by atoms with E-state index in [4.69, 9.17) is 8.94 Å². The lowest BCUT2D eigenvalue weighted by Gasteiger charge is -2.13. The Labute approximate surface area is 142 Å². The molecule has 0 amide bonds. The van der Waals surface area contributed by atoms with Gasteiger partial charge in [-0.2, -0.15) is 18.2 Å². The summed E-state index contributed by atoms with van der Waals surface area (Å²) in [5.41, 5.74) is 0.232. The molecule has 25 heavy (non-hydrogen) atoms. The van der Waals surface area contributed by atoms with Crippen molar-refractivity contribution in [1.82, 2.24) is 10.1 Å². The van der Waals surface area contributed by atoms with Crippen molar-refractivity contribution in [3.63, 3.8) is 0 Å². The minimum Gasteiger partial charge on any atom is -0.465 e. The fourth-order valence-corrected chi connectivity index (χ4v) is 2.32. The topological polar surface area (TPSA) is 52.1 Å². The number of aromatic nitrogens is 2. The lowest BCUT2D eigenvalue weighted by atomic mass is 9.93. The molecule has 2 aromatic heterocycles. The van der Waals surface area contributed by atoms with Crippen LogP contribution in [-0.2, 0) is 11.6 Å². The van der Waals surface area contributed by atoms with Crippen molar-refractivity contribution in [2.24, 2.45) is 0 Å². The van der Waals surface area contributed by atoms with E-state index >= 15 is 0 Å². The second-order valence-corrected chi connectivity index (χ2v) is 6.83. The highest BCUT2D eigenvalue weighted by Crippen LogP contribution is 2.34. The summed E-state index contributed by atoms with van der Waals surface area (Å²) in [5, 5.41) is 3.86. The zero-order valence-corrected chi connectivity index (χ0v) is 14.2. The highest BCUT2D eigenvalue weighted by atomic mass is 19.4. The Balaban J connectivity index is 1.92. The van der Waals surface area contributed by atoms with E-state index in [-0.39, 0.29) is 17.1 Å². The van der Waals surface area contributed by atoms with Gasteiger partial charge in [-0.3, -0.25) is 0 Å². The summed E-state index contributed by atoms with van der Waals surface area (Å²) in [6, 6.07) is 6.47. The standard InChI is InChI=1S/C18H17F3N2O2/c1-10-13(9-14(24-10)17(2,3)4)16-22-15(23-25-16)11-5-7-12(8-6-11)18(19,20)21/h5-9H,1-4H3. The smallest absolute Gasteiger partial charge is 0.416 e. The Morgan fingerprint density at radius 1 is 1.00 bits per heavy atom. The first-order valence-electron chi connectivity index (χ1n) is 7.68. The summed E-state index contributed by atoms with van der Waals surface area (Å²) >= 11 is 0. The molecule has 3 rings (SSSR count). The van der Waals surface area contributed by atoms with Crippen LogP contribution < -0.4 is 0 Å². The predicted molar refractivity (Wildman–Crippen MR) is 85.9 cm³/mol. The van der Waals surface area contributed by atoms with Crippen molar-refractivity contribution in [1.29, 1.82) is 0 Å². The quantitative estimate of drug-likeness (QED) is 0.602. The van der Waals surface area contributed by atoms with Gasteiger partial charge in [0.1, 0.15) is 11.5 Å². The number of rotatable bonds is 2. The van der Waals surface area contributed by atoms with Gasteiger partial charge in [0.15, 0.2) is 0 Å². The van der Waals surface area contributed by atoms with Crippen LogP contribution in [0.4, 0.5) is 13.2 Å². The van der Waals surface area contributed by atoms with E-state index in [9.17, 15) is 13.2 Å². The SMILES string of the molecule is Cc1oc(C(C)(C)C)cc1-c1nc(-c2ccc(C(F)(F)F)cc2)no1. The fraction of sp³-hybridized carbons (Fsp3) is 0.333. The van der Waals surface area contributed by atoms with E-state index in [0.717, 1.165) is 17.9 Å². The van der Waals surface area contributed by atoms with Crippen molar-refractivity contribution in [3.05, 3.63) is 47.4 Å². The van der Waals surface area contributed by atoms with Gasteiger partial charge >= 0.3 is 6.18 Å². The number of furan rings is 1. The van der Waals surface area contributed by atoms with Crippen LogP contribution in [0.25, 0.3) is 22.8 Å². The van der Waals surface area contributed by atoms with Gasteiger partial charge in [-0.25, -0.2) is 0 Å². The maximum Gasteiger partial charge on any atom is 0.416 e. The molecule has 0 saturated heterocycles. The molecule has 0 aliphatic carbocycles. The second kappa shape index (κ2) is 5.75. The molecule has 0 fully saturated rings. The van der Waals surface area contributed by atoms with Crippen LogP contribution in [0.2, 0.25) is 0 Å². The molecule has 0 atom stereocenters. The number of hydrogen-bond donors (Lipinski definition) is 0. The van der Waals surface area contributed by atoms with E-state index in [0.29, 0.717) is 16.9 Å². The van der Waals surface area contributed by atoms with Crippen LogP contribution in [0.1, 0.15) is 37.9 Å². The number of alkyl halides is 3. The fourth-order valence-electron chi connectivity index (χ4n) is 2.32. The van der Waals surface area contributed by atoms with Gasteiger partial charge in [0, 0.05) is 11.0 Å². The first-order valence-corrected chi connectivity index (χ1v) is 7.68. The van der Waals surface area contributed by atoms with Gasteiger partial charge in [-0.15, -0.1) is 0 Å². The molecule has 3 aromatic rings. The molecule has 0 saturated carbocycles. The minimum atomic E-state index is -4.38. The average molecular weight is 350 g/mol. The number of halogens is 3.